The Balaban J connectivity index is 2.42. The molecular weight excluding hydrogens is 386 g/mol. The molecule has 0 aliphatic carbocycles. The zero-order valence-corrected chi connectivity index (χ0v) is 18.2. The molecule has 0 saturated heterocycles. The predicted molar refractivity (Wildman–Crippen MR) is 117 cm³/mol. The number of amidine groups is 1. The predicted octanol–water partition coefficient (Wildman–Crippen LogP) is 4.18. The van der Waals surface area contributed by atoms with Crippen LogP contribution in [0.1, 0.15) is 39.3 Å². The molecule has 0 unspecified atom stereocenters. The molecule has 5 nitrogen and oxygen atoms in total. The van der Waals surface area contributed by atoms with Crippen molar-refractivity contribution < 1.29 is 0 Å². The van der Waals surface area contributed by atoms with Crippen LogP contribution in [0.3, 0.4) is 0 Å². The number of nitriles is 2. The van der Waals surface area contributed by atoms with Gasteiger partial charge in [-0.15, -0.1) is 23.5 Å². The van der Waals surface area contributed by atoms with Gasteiger partial charge in [0.25, 0.3) is 0 Å². The fourth-order valence-corrected chi connectivity index (χ4v) is 7.83. The molecule has 2 aliphatic rings. The molecule has 1 aromatic carbocycles. The van der Waals surface area contributed by atoms with Crippen molar-refractivity contribution in [1.29, 1.82) is 10.5 Å². The van der Waals surface area contributed by atoms with Gasteiger partial charge >= 0.3 is 0 Å². The van der Waals surface area contributed by atoms with Crippen LogP contribution in [0.5, 0.6) is 0 Å². The summed E-state index contributed by atoms with van der Waals surface area (Å²) in [4.78, 5) is 4.89. The molecule has 0 saturated carbocycles. The van der Waals surface area contributed by atoms with Crippen molar-refractivity contribution in [3.8, 4) is 12.1 Å². The molecule has 3 rings (SSSR count). The Labute approximate surface area is 175 Å². The maximum atomic E-state index is 10.7. The van der Waals surface area contributed by atoms with Crippen LogP contribution in [0.15, 0.2) is 46.6 Å². The Hall–Kier alpha value is -2.09. The lowest BCUT2D eigenvalue weighted by atomic mass is 9.55. The van der Waals surface area contributed by atoms with E-state index in [2.05, 4.69) is 17.5 Å². The number of nitrogens with two attached hydrogens (primary N) is 1. The summed E-state index contributed by atoms with van der Waals surface area (Å²) in [6.07, 6.45) is 0. The van der Waals surface area contributed by atoms with Crippen LogP contribution in [-0.4, -0.2) is 21.5 Å². The van der Waals surface area contributed by atoms with Gasteiger partial charge in [-0.05, 0) is 36.5 Å². The highest BCUT2D eigenvalue weighted by Crippen LogP contribution is 2.71. The molecule has 0 radical (unpaired) electrons. The van der Waals surface area contributed by atoms with Crippen LogP contribution in [0.25, 0.3) is 0 Å². The summed E-state index contributed by atoms with van der Waals surface area (Å²) in [6.45, 7) is 8.01. The Kier molecular flexibility index (Phi) is 5.44. The summed E-state index contributed by atoms with van der Waals surface area (Å²) < 4.78 is -0.856. The molecule has 1 aromatic rings. The largest absolute Gasteiger partial charge is 0.386 e. The summed E-state index contributed by atoms with van der Waals surface area (Å²) in [6, 6.07) is 14.4. The number of allylic oxidation sites excluding steroid dienone is 1. The lowest BCUT2D eigenvalue weighted by Gasteiger charge is -2.52. The van der Waals surface area contributed by atoms with Gasteiger partial charge in [-0.2, -0.15) is 10.5 Å². The van der Waals surface area contributed by atoms with Crippen LogP contribution >= 0.6 is 23.5 Å². The average molecular weight is 412 g/mol. The molecule has 0 fully saturated rings. The smallest absolute Gasteiger partial charge is 0.178 e. The number of benzene rings is 1. The van der Waals surface area contributed by atoms with Gasteiger partial charge in [0.2, 0.25) is 0 Å². The quantitative estimate of drug-likeness (QED) is 0.706. The Morgan fingerprint density at radius 1 is 1.11 bits per heavy atom. The third-order valence-electron chi connectivity index (χ3n) is 5.81. The van der Waals surface area contributed by atoms with Gasteiger partial charge in [0.1, 0.15) is 5.84 Å². The van der Waals surface area contributed by atoms with E-state index in [1.54, 1.807) is 23.5 Å². The summed E-state index contributed by atoms with van der Waals surface area (Å²) in [7, 11) is 0. The first-order chi connectivity index (χ1) is 13.4. The van der Waals surface area contributed by atoms with Crippen molar-refractivity contribution >= 4 is 29.4 Å². The zero-order chi connectivity index (χ0) is 20.6. The Morgan fingerprint density at radius 3 is 2.21 bits per heavy atom. The van der Waals surface area contributed by atoms with Crippen LogP contribution < -0.4 is 11.1 Å². The van der Waals surface area contributed by atoms with Crippen LogP contribution in [-0.2, 0) is 0 Å². The maximum absolute atomic E-state index is 10.7. The molecule has 7 heteroatoms. The van der Waals surface area contributed by atoms with Gasteiger partial charge in [-0.1, -0.05) is 44.2 Å². The number of nitrogens with one attached hydrogen (secondary N) is 1. The molecule has 3 N–H and O–H groups in total. The van der Waals surface area contributed by atoms with Gasteiger partial charge in [-0.25, -0.2) is 4.99 Å². The average Bonchev–Trinajstić information content (AvgIpc) is 2.91. The SMILES string of the molecule is CCSC1(SCC)N=C(N)[C@]2(C#N)[C@@H](c3ccccc3)NC(C)=C(C)[C@@]12C#N. The number of fused-ring (bicyclic) bond motifs is 1. The van der Waals surface area contributed by atoms with Crippen LogP contribution in [0, 0.1) is 33.5 Å². The topological polar surface area (TPSA) is 98.0 Å². The molecule has 2 aliphatic heterocycles. The number of aliphatic imine (C=N–C) groups is 1. The molecule has 146 valence electrons. The van der Waals surface area contributed by atoms with Gasteiger partial charge in [0.15, 0.2) is 15.0 Å². The first kappa shape index (κ1) is 20.6. The normalized spacial score (nSPS) is 30.6. The van der Waals surface area contributed by atoms with E-state index in [0.717, 1.165) is 28.3 Å². The molecule has 0 aromatic heterocycles. The first-order valence-electron chi connectivity index (χ1n) is 9.36. The second kappa shape index (κ2) is 7.39. The summed E-state index contributed by atoms with van der Waals surface area (Å²) in [5.74, 6) is 1.78. The minimum Gasteiger partial charge on any atom is -0.386 e. The lowest BCUT2D eigenvalue weighted by molar-refractivity contribution is 0.200. The van der Waals surface area contributed by atoms with E-state index in [-0.39, 0.29) is 5.84 Å². The molecule has 28 heavy (non-hydrogen) atoms. The standard InChI is InChI=1S/C21H25N5S2/c1-5-27-21(28-6-2)20(13-23)14(3)15(4)25-17(16-10-8-7-9-11-16)19(20,12-22)18(24)26-21/h7-11,17,25H,5-6H2,1-4H3,(H2,24,26)/t17-,19+,20-/m1/s1. The van der Waals surface area contributed by atoms with Crippen molar-refractivity contribution in [2.24, 2.45) is 21.6 Å². The monoisotopic (exact) mass is 411 g/mol. The van der Waals surface area contributed by atoms with Crippen LogP contribution in [0.2, 0.25) is 0 Å². The molecular formula is C21H25N5S2. The minimum absolute atomic E-state index is 0.242. The summed E-state index contributed by atoms with van der Waals surface area (Å²) >= 11 is 3.20. The second-order valence-corrected chi connectivity index (χ2v) is 10.1. The van der Waals surface area contributed by atoms with Crippen molar-refractivity contribution in [3.63, 3.8) is 0 Å². The third-order valence-corrected chi connectivity index (χ3v) is 8.67. The second-order valence-electron chi connectivity index (χ2n) is 6.96. The first-order valence-corrected chi connectivity index (χ1v) is 11.3. The number of hydrogen-bond acceptors (Lipinski definition) is 7. The fraction of sp³-hybridized carbons (Fsp3) is 0.476. The van der Waals surface area contributed by atoms with E-state index in [4.69, 9.17) is 10.7 Å². The molecule has 0 spiro atoms. The van der Waals surface area contributed by atoms with Crippen molar-refractivity contribution in [1.82, 2.24) is 5.32 Å². The van der Waals surface area contributed by atoms with E-state index in [0.29, 0.717) is 0 Å². The molecule has 0 amide bonds. The number of hydrogen-bond donors (Lipinski definition) is 2. The van der Waals surface area contributed by atoms with Gasteiger partial charge in [0, 0.05) is 5.70 Å². The Morgan fingerprint density at radius 2 is 1.71 bits per heavy atom. The van der Waals surface area contributed by atoms with E-state index in [1.165, 1.54) is 0 Å². The maximum Gasteiger partial charge on any atom is 0.178 e. The van der Waals surface area contributed by atoms with E-state index in [1.807, 2.05) is 58.0 Å². The van der Waals surface area contributed by atoms with Gasteiger partial charge in [-0.3, -0.25) is 0 Å². The van der Waals surface area contributed by atoms with E-state index in [9.17, 15) is 10.5 Å². The molecule has 3 atom stereocenters. The lowest BCUT2D eigenvalue weighted by Crippen LogP contribution is -2.61. The van der Waals surface area contributed by atoms with Crippen LogP contribution in [0.4, 0.5) is 0 Å². The summed E-state index contributed by atoms with van der Waals surface area (Å²) in [5, 5.41) is 24.8. The fourth-order valence-electron chi connectivity index (χ4n) is 4.52. The number of rotatable bonds is 5. The zero-order valence-electron chi connectivity index (χ0n) is 16.6. The van der Waals surface area contributed by atoms with E-state index < -0.39 is 21.1 Å². The molecule has 0 bridgehead atoms. The summed E-state index contributed by atoms with van der Waals surface area (Å²) in [5.41, 5.74) is 6.76. The minimum atomic E-state index is -1.29. The highest BCUT2D eigenvalue weighted by molar-refractivity contribution is 8.18. The van der Waals surface area contributed by atoms with Crippen molar-refractivity contribution in [2.75, 3.05) is 11.5 Å². The molecule has 2 heterocycles. The number of thioether (sulfide) groups is 2. The van der Waals surface area contributed by atoms with Gasteiger partial charge < -0.3 is 11.1 Å². The highest BCUT2D eigenvalue weighted by atomic mass is 32.2. The van der Waals surface area contributed by atoms with Crippen molar-refractivity contribution in [2.45, 2.75) is 37.9 Å². The highest BCUT2D eigenvalue weighted by Gasteiger charge is 2.76. The van der Waals surface area contributed by atoms with Crippen molar-refractivity contribution in [3.05, 3.63) is 47.2 Å². The third kappa shape index (κ3) is 2.36. The Bertz CT molecular complexity index is 905. The number of nitrogens with zero attached hydrogens (tertiary/aromatic N) is 3. The van der Waals surface area contributed by atoms with Gasteiger partial charge in [0.05, 0.1) is 18.2 Å². The van der Waals surface area contributed by atoms with E-state index >= 15 is 0 Å².